The zero-order valence-corrected chi connectivity index (χ0v) is 16.2. The number of halogens is 1. The van der Waals surface area contributed by atoms with E-state index in [0.29, 0.717) is 16.9 Å². The highest BCUT2D eigenvalue weighted by Gasteiger charge is 2.19. The Balaban J connectivity index is 1.74. The van der Waals surface area contributed by atoms with Crippen LogP contribution in [0.3, 0.4) is 0 Å². The maximum Gasteiger partial charge on any atom is 0.297 e. The van der Waals surface area contributed by atoms with Crippen molar-refractivity contribution in [3.63, 3.8) is 0 Å². The molecule has 0 fully saturated rings. The monoisotopic (exact) mass is 428 g/mol. The molecule has 10 heteroatoms. The van der Waals surface area contributed by atoms with Crippen molar-refractivity contribution in [1.82, 2.24) is 9.97 Å². The summed E-state index contributed by atoms with van der Waals surface area (Å²) in [5, 5.41) is 11.5. The largest absolute Gasteiger partial charge is 0.338 e. The van der Waals surface area contributed by atoms with Gasteiger partial charge in [0.25, 0.3) is 15.7 Å². The Labute approximate surface area is 170 Å². The Bertz CT molecular complexity index is 1350. The summed E-state index contributed by atoms with van der Waals surface area (Å²) in [6.07, 6.45) is 0. The minimum atomic E-state index is -3.90. The summed E-state index contributed by atoms with van der Waals surface area (Å²) in [7, 11) is -3.90. The normalized spacial score (nSPS) is 11.5. The Morgan fingerprint density at radius 2 is 1.79 bits per heavy atom. The van der Waals surface area contributed by atoms with E-state index in [0.717, 1.165) is 0 Å². The maximum atomic E-state index is 12.8. The van der Waals surface area contributed by atoms with Crippen LogP contribution in [0.4, 0.5) is 11.4 Å². The molecule has 0 bridgehead atoms. The molecule has 2 N–H and O–H groups in total. The average molecular weight is 429 g/mol. The number of imidazole rings is 1. The van der Waals surface area contributed by atoms with Crippen molar-refractivity contribution in [3.05, 3.63) is 81.9 Å². The molecule has 0 amide bonds. The molecule has 146 valence electrons. The number of aromatic nitrogens is 2. The molecule has 0 radical (unpaired) electrons. The van der Waals surface area contributed by atoms with Gasteiger partial charge in [0.1, 0.15) is 5.82 Å². The van der Waals surface area contributed by atoms with E-state index in [9.17, 15) is 18.5 Å². The molecule has 29 heavy (non-hydrogen) atoms. The summed E-state index contributed by atoms with van der Waals surface area (Å²) in [5.74, 6) is 0.323. The second kappa shape index (κ2) is 7.19. The third kappa shape index (κ3) is 3.65. The minimum absolute atomic E-state index is 0.00451. The number of nitro benzene ring substituents is 1. The summed E-state index contributed by atoms with van der Waals surface area (Å²) in [6.45, 7) is 0. The number of hydrogen-bond acceptors (Lipinski definition) is 5. The summed E-state index contributed by atoms with van der Waals surface area (Å²) < 4.78 is 28.0. The molecule has 4 rings (SSSR count). The number of nitrogens with zero attached hydrogens (tertiary/aromatic N) is 2. The molecule has 0 unspecified atom stereocenters. The molecule has 0 aliphatic heterocycles. The Morgan fingerprint density at radius 3 is 2.55 bits per heavy atom. The van der Waals surface area contributed by atoms with E-state index in [-0.39, 0.29) is 26.8 Å². The number of anilines is 1. The number of fused-ring (bicyclic) bond motifs is 1. The van der Waals surface area contributed by atoms with E-state index in [4.69, 9.17) is 11.6 Å². The van der Waals surface area contributed by atoms with Crippen LogP contribution in [0.1, 0.15) is 0 Å². The summed E-state index contributed by atoms with van der Waals surface area (Å²) in [6, 6.07) is 17.2. The van der Waals surface area contributed by atoms with E-state index in [1.54, 1.807) is 48.5 Å². The van der Waals surface area contributed by atoms with Gasteiger partial charge in [0.2, 0.25) is 0 Å². The van der Waals surface area contributed by atoms with Gasteiger partial charge in [0.15, 0.2) is 5.52 Å². The fourth-order valence-electron chi connectivity index (χ4n) is 2.86. The first-order chi connectivity index (χ1) is 13.8. The highest BCUT2D eigenvalue weighted by atomic mass is 35.5. The van der Waals surface area contributed by atoms with Gasteiger partial charge in [-0.3, -0.25) is 14.8 Å². The number of benzene rings is 3. The Kier molecular flexibility index (Phi) is 4.69. The smallest absolute Gasteiger partial charge is 0.297 e. The summed E-state index contributed by atoms with van der Waals surface area (Å²) in [5.41, 5.74) is 1.29. The Morgan fingerprint density at radius 1 is 1.03 bits per heavy atom. The van der Waals surface area contributed by atoms with Crippen molar-refractivity contribution in [2.75, 3.05) is 4.72 Å². The number of H-pyrrole nitrogens is 1. The van der Waals surface area contributed by atoms with Crippen molar-refractivity contribution in [3.8, 4) is 11.4 Å². The average Bonchev–Trinajstić information content (AvgIpc) is 3.14. The van der Waals surface area contributed by atoms with Gasteiger partial charge in [-0.2, -0.15) is 0 Å². The molecular formula is C19H13ClN4O4S. The zero-order valence-electron chi connectivity index (χ0n) is 14.7. The van der Waals surface area contributed by atoms with Crippen molar-refractivity contribution >= 4 is 44.0 Å². The van der Waals surface area contributed by atoms with Crippen LogP contribution >= 0.6 is 11.6 Å². The van der Waals surface area contributed by atoms with Gasteiger partial charge in [0, 0.05) is 11.6 Å². The standard InChI is InChI=1S/C19H13ClN4O4S/c20-14-7-1-2-8-15(14)23-29(27,28)13-6-3-5-12(11-13)19-21-16-9-4-10-17(24(25)26)18(16)22-19/h1-11,23H,(H,21,22). The first-order valence-corrected chi connectivity index (χ1v) is 10.2. The van der Waals surface area contributed by atoms with Crippen LogP contribution in [0.5, 0.6) is 0 Å². The molecule has 0 spiro atoms. The van der Waals surface area contributed by atoms with E-state index >= 15 is 0 Å². The number of sulfonamides is 1. The van der Waals surface area contributed by atoms with Gasteiger partial charge in [0.05, 0.1) is 26.0 Å². The van der Waals surface area contributed by atoms with Crippen LogP contribution in [0.15, 0.2) is 71.6 Å². The molecule has 3 aromatic carbocycles. The lowest BCUT2D eigenvalue weighted by Gasteiger charge is -2.10. The predicted octanol–water partition coefficient (Wildman–Crippen LogP) is 4.59. The third-order valence-electron chi connectivity index (χ3n) is 4.22. The lowest BCUT2D eigenvalue weighted by Crippen LogP contribution is -2.13. The van der Waals surface area contributed by atoms with Crippen molar-refractivity contribution in [2.24, 2.45) is 0 Å². The van der Waals surface area contributed by atoms with Gasteiger partial charge < -0.3 is 4.98 Å². The van der Waals surface area contributed by atoms with Gasteiger partial charge in [-0.15, -0.1) is 0 Å². The van der Waals surface area contributed by atoms with Crippen LogP contribution in [0.25, 0.3) is 22.4 Å². The van der Waals surface area contributed by atoms with Crippen LogP contribution in [0.2, 0.25) is 5.02 Å². The highest BCUT2D eigenvalue weighted by molar-refractivity contribution is 7.92. The molecule has 0 atom stereocenters. The molecule has 0 aliphatic carbocycles. The van der Waals surface area contributed by atoms with E-state index < -0.39 is 14.9 Å². The topological polar surface area (TPSA) is 118 Å². The first-order valence-electron chi connectivity index (χ1n) is 8.36. The molecule has 4 aromatic rings. The van der Waals surface area contributed by atoms with Gasteiger partial charge in [-0.05, 0) is 30.3 Å². The van der Waals surface area contributed by atoms with Crippen molar-refractivity contribution in [2.45, 2.75) is 4.90 Å². The SMILES string of the molecule is O=[N+]([O-])c1cccc2[nH]c(-c3cccc(S(=O)(=O)Nc4ccccc4Cl)c3)nc12. The number of rotatable bonds is 5. The minimum Gasteiger partial charge on any atom is -0.338 e. The number of non-ortho nitro benzene ring substituents is 1. The second-order valence-corrected chi connectivity index (χ2v) is 8.22. The van der Waals surface area contributed by atoms with Crippen molar-refractivity contribution in [1.29, 1.82) is 0 Å². The predicted molar refractivity (Wildman–Crippen MR) is 110 cm³/mol. The van der Waals surface area contributed by atoms with Crippen LogP contribution in [-0.2, 0) is 10.0 Å². The molecular weight excluding hydrogens is 416 g/mol. The molecule has 8 nitrogen and oxygen atoms in total. The highest BCUT2D eigenvalue weighted by Crippen LogP contribution is 2.29. The van der Waals surface area contributed by atoms with Crippen molar-refractivity contribution < 1.29 is 13.3 Å². The second-order valence-electron chi connectivity index (χ2n) is 6.13. The van der Waals surface area contributed by atoms with Crippen LogP contribution in [-0.4, -0.2) is 23.3 Å². The van der Waals surface area contributed by atoms with E-state index in [2.05, 4.69) is 14.7 Å². The molecule has 1 heterocycles. The third-order valence-corrected chi connectivity index (χ3v) is 5.92. The van der Waals surface area contributed by atoms with E-state index in [1.165, 1.54) is 18.2 Å². The zero-order chi connectivity index (χ0) is 20.6. The lowest BCUT2D eigenvalue weighted by atomic mass is 10.2. The molecule has 1 aromatic heterocycles. The molecule has 0 saturated carbocycles. The fourth-order valence-corrected chi connectivity index (χ4v) is 4.22. The number of aromatic amines is 1. The number of para-hydroxylation sites is 2. The van der Waals surface area contributed by atoms with Gasteiger partial charge in [-0.25, -0.2) is 13.4 Å². The van der Waals surface area contributed by atoms with E-state index in [1.807, 2.05) is 0 Å². The Hall–Kier alpha value is -3.43. The maximum absolute atomic E-state index is 12.8. The number of hydrogen-bond donors (Lipinski definition) is 2. The van der Waals surface area contributed by atoms with Gasteiger partial charge >= 0.3 is 0 Å². The molecule has 0 saturated heterocycles. The summed E-state index contributed by atoms with van der Waals surface area (Å²) >= 11 is 6.03. The summed E-state index contributed by atoms with van der Waals surface area (Å²) in [4.78, 5) is 18.0. The number of nitrogens with one attached hydrogen (secondary N) is 2. The number of nitro groups is 1. The lowest BCUT2D eigenvalue weighted by molar-refractivity contribution is -0.383. The van der Waals surface area contributed by atoms with Gasteiger partial charge in [-0.1, -0.05) is 41.9 Å². The van der Waals surface area contributed by atoms with Crippen LogP contribution < -0.4 is 4.72 Å². The molecule has 0 aliphatic rings. The quantitative estimate of drug-likeness (QED) is 0.356. The van der Waals surface area contributed by atoms with Crippen LogP contribution in [0, 0.1) is 10.1 Å². The first kappa shape index (κ1) is 18.9. The fraction of sp³-hybridized carbons (Fsp3) is 0.